The topological polar surface area (TPSA) is 30.2 Å². The van der Waals surface area contributed by atoms with Gasteiger partial charge in [0.25, 0.3) is 0 Å². The Bertz CT molecular complexity index is 382. The standard InChI is InChI=1S/C8H9N3S/c1-12-6-7-5-11-3-2-9-8(11)4-10-7/h2-5H,6H2,1H3. The van der Waals surface area contributed by atoms with Gasteiger partial charge in [0.05, 0.1) is 11.9 Å². The first-order valence-corrected chi connectivity index (χ1v) is 5.06. The lowest BCUT2D eigenvalue weighted by Gasteiger charge is -1.97. The maximum Gasteiger partial charge on any atom is 0.155 e. The minimum absolute atomic E-state index is 0.903. The molecule has 0 atom stereocenters. The monoisotopic (exact) mass is 179 g/mol. The highest BCUT2D eigenvalue weighted by atomic mass is 32.2. The second kappa shape index (κ2) is 3.15. The Morgan fingerprint density at radius 3 is 3.25 bits per heavy atom. The first kappa shape index (κ1) is 7.61. The molecule has 0 N–H and O–H groups in total. The lowest BCUT2D eigenvalue weighted by Crippen LogP contribution is -1.91. The Labute approximate surface area is 74.8 Å². The van der Waals surface area contributed by atoms with Crippen molar-refractivity contribution in [2.75, 3.05) is 6.26 Å². The molecule has 0 fully saturated rings. The second-order valence-corrected chi connectivity index (χ2v) is 3.37. The number of imidazole rings is 1. The van der Waals surface area contributed by atoms with Gasteiger partial charge in [-0.25, -0.2) is 4.98 Å². The number of fused-ring (bicyclic) bond motifs is 1. The second-order valence-electron chi connectivity index (χ2n) is 2.50. The van der Waals surface area contributed by atoms with Gasteiger partial charge in [-0.15, -0.1) is 0 Å². The molecule has 2 aromatic heterocycles. The minimum atomic E-state index is 0.903. The van der Waals surface area contributed by atoms with Crippen molar-refractivity contribution in [2.24, 2.45) is 0 Å². The van der Waals surface area contributed by atoms with Crippen molar-refractivity contribution in [1.82, 2.24) is 14.4 Å². The van der Waals surface area contributed by atoms with E-state index in [9.17, 15) is 0 Å². The summed E-state index contributed by atoms with van der Waals surface area (Å²) in [6.45, 7) is 0. The van der Waals surface area contributed by atoms with Crippen LogP contribution in [-0.4, -0.2) is 20.6 Å². The zero-order valence-corrected chi connectivity index (χ0v) is 7.58. The molecule has 0 spiro atoms. The molecule has 0 aromatic carbocycles. The van der Waals surface area contributed by atoms with E-state index in [2.05, 4.69) is 16.2 Å². The summed E-state index contributed by atoms with van der Waals surface area (Å²) in [6, 6.07) is 0. The van der Waals surface area contributed by atoms with Gasteiger partial charge in [-0.05, 0) is 6.26 Å². The predicted molar refractivity (Wildman–Crippen MR) is 50.2 cm³/mol. The third-order valence-corrected chi connectivity index (χ3v) is 2.21. The van der Waals surface area contributed by atoms with Crippen LogP contribution in [0.5, 0.6) is 0 Å². The van der Waals surface area contributed by atoms with Crippen LogP contribution in [0.15, 0.2) is 24.8 Å². The van der Waals surface area contributed by atoms with E-state index >= 15 is 0 Å². The van der Waals surface area contributed by atoms with Gasteiger partial charge >= 0.3 is 0 Å². The van der Waals surface area contributed by atoms with Crippen LogP contribution in [0.2, 0.25) is 0 Å². The molecule has 12 heavy (non-hydrogen) atoms. The fraction of sp³-hybridized carbons (Fsp3) is 0.250. The minimum Gasteiger partial charge on any atom is -0.304 e. The predicted octanol–water partition coefficient (Wildman–Crippen LogP) is 1.59. The Morgan fingerprint density at radius 2 is 2.42 bits per heavy atom. The lowest BCUT2D eigenvalue weighted by molar-refractivity contribution is 1.06. The molecular weight excluding hydrogens is 170 g/mol. The van der Waals surface area contributed by atoms with Crippen LogP contribution in [-0.2, 0) is 5.75 Å². The maximum absolute atomic E-state index is 4.26. The van der Waals surface area contributed by atoms with E-state index in [1.807, 2.05) is 16.8 Å². The Hall–Kier alpha value is -1.03. The summed E-state index contributed by atoms with van der Waals surface area (Å²) >= 11 is 1.77. The summed E-state index contributed by atoms with van der Waals surface area (Å²) in [4.78, 5) is 8.38. The van der Waals surface area contributed by atoms with Crippen LogP contribution in [0.1, 0.15) is 5.69 Å². The molecule has 0 saturated heterocycles. The summed E-state index contributed by atoms with van der Waals surface area (Å²) in [5.41, 5.74) is 1.99. The zero-order valence-electron chi connectivity index (χ0n) is 6.77. The zero-order chi connectivity index (χ0) is 8.39. The molecule has 0 amide bonds. The molecule has 0 aliphatic carbocycles. The molecule has 0 aliphatic rings. The van der Waals surface area contributed by atoms with Crippen LogP contribution in [0, 0.1) is 0 Å². The molecule has 2 rings (SSSR count). The SMILES string of the molecule is CSCc1cn2ccnc2cn1. The Morgan fingerprint density at radius 1 is 1.50 bits per heavy atom. The van der Waals surface area contributed by atoms with Gasteiger partial charge in [0, 0.05) is 24.3 Å². The van der Waals surface area contributed by atoms with Gasteiger partial charge in [-0.2, -0.15) is 11.8 Å². The van der Waals surface area contributed by atoms with Gasteiger partial charge in [0.1, 0.15) is 0 Å². The largest absolute Gasteiger partial charge is 0.304 e. The maximum atomic E-state index is 4.26. The van der Waals surface area contributed by atoms with E-state index in [0.29, 0.717) is 0 Å². The van der Waals surface area contributed by atoms with E-state index in [1.165, 1.54) is 0 Å². The number of hydrogen-bond donors (Lipinski definition) is 0. The summed E-state index contributed by atoms with van der Waals surface area (Å²) in [7, 11) is 0. The number of rotatable bonds is 2. The Kier molecular flexibility index (Phi) is 1.99. The molecule has 2 heterocycles. The van der Waals surface area contributed by atoms with E-state index in [0.717, 1.165) is 17.1 Å². The van der Waals surface area contributed by atoms with Crippen molar-refractivity contribution in [3.63, 3.8) is 0 Å². The first-order chi connectivity index (χ1) is 5.90. The van der Waals surface area contributed by atoms with Crippen LogP contribution in [0.3, 0.4) is 0 Å². The van der Waals surface area contributed by atoms with Gasteiger partial charge in [0.15, 0.2) is 5.65 Å². The van der Waals surface area contributed by atoms with Crippen molar-refractivity contribution in [1.29, 1.82) is 0 Å². The molecule has 0 unspecified atom stereocenters. The summed E-state index contributed by atoms with van der Waals surface area (Å²) in [6.07, 6.45) is 9.59. The highest BCUT2D eigenvalue weighted by molar-refractivity contribution is 7.97. The summed E-state index contributed by atoms with van der Waals surface area (Å²) in [5, 5.41) is 0. The Balaban J connectivity index is 2.46. The fourth-order valence-electron chi connectivity index (χ4n) is 1.09. The molecule has 62 valence electrons. The van der Waals surface area contributed by atoms with E-state index in [4.69, 9.17) is 0 Å². The van der Waals surface area contributed by atoms with E-state index in [-0.39, 0.29) is 0 Å². The number of aromatic nitrogens is 3. The quantitative estimate of drug-likeness (QED) is 0.701. The van der Waals surface area contributed by atoms with E-state index < -0.39 is 0 Å². The molecule has 3 nitrogen and oxygen atoms in total. The molecule has 0 saturated carbocycles. The molecule has 0 bridgehead atoms. The van der Waals surface area contributed by atoms with Crippen molar-refractivity contribution >= 4 is 17.4 Å². The third kappa shape index (κ3) is 1.30. The molecule has 0 aliphatic heterocycles. The van der Waals surface area contributed by atoms with Crippen LogP contribution in [0.4, 0.5) is 0 Å². The van der Waals surface area contributed by atoms with Gasteiger partial charge < -0.3 is 4.40 Å². The summed E-state index contributed by atoms with van der Waals surface area (Å²) < 4.78 is 1.98. The highest BCUT2D eigenvalue weighted by Gasteiger charge is 1.96. The number of thioether (sulfide) groups is 1. The van der Waals surface area contributed by atoms with Crippen LogP contribution >= 0.6 is 11.8 Å². The lowest BCUT2D eigenvalue weighted by atomic mass is 10.5. The molecular formula is C8H9N3S. The smallest absolute Gasteiger partial charge is 0.155 e. The number of hydrogen-bond acceptors (Lipinski definition) is 3. The van der Waals surface area contributed by atoms with Crippen molar-refractivity contribution in [3.05, 3.63) is 30.5 Å². The molecule has 0 radical (unpaired) electrons. The fourth-order valence-corrected chi connectivity index (χ4v) is 1.54. The van der Waals surface area contributed by atoms with Gasteiger partial charge in [-0.1, -0.05) is 0 Å². The van der Waals surface area contributed by atoms with Crippen LogP contribution in [0.25, 0.3) is 5.65 Å². The highest BCUT2D eigenvalue weighted by Crippen LogP contribution is 2.06. The van der Waals surface area contributed by atoms with Crippen molar-refractivity contribution in [3.8, 4) is 0 Å². The summed E-state index contributed by atoms with van der Waals surface area (Å²) in [5.74, 6) is 0.952. The van der Waals surface area contributed by atoms with Crippen molar-refractivity contribution in [2.45, 2.75) is 5.75 Å². The van der Waals surface area contributed by atoms with Crippen molar-refractivity contribution < 1.29 is 0 Å². The van der Waals surface area contributed by atoms with Gasteiger partial charge in [0.2, 0.25) is 0 Å². The van der Waals surface area contributed by atoms with Gasteiger partial charge in [-0.3, -0.25) is 4.98 Å². The average molecular weight is 179 g/mol. The molecule has 2 aromatic rings. The molecule has 4 heteroatoms. The average Bonchev–Trinajstić information content (AvgIpc) is 2.51. The number of nitrogens with zero attached hydrogens (tertiary/aromatic N) is 3. The normalized spacial score (nSPS) is 10.8. The first-order valence-electron chi connectivity index (χ1n) is 3.66. The van der Waals surface area contributed by atoms with E-state index in [1.54, 1.807) is 24.2 Å². The third-order valence-electron chi connectivity index (χ3n) is 1.62. The van der Waals surface area contributed by atoms with Crippen LogP contribution < -0.4 is 0 Å².